The van der Waals surface area contributed by atoms with Crippen molar-refractivity contribution in [2.24, 2.45) is 17.8 Å². The highest BCUT2D eigenvalue weighted by atomic mass is 16.5. The lowest BCUT2D eigenvalue weighted by Crippen LogP contribution is -2.41. The molecule has 2 atom stereocenters. The number of hydrogen-bond acceptors (Lipinski definition) is 1. The zero-order chi connectivity index (χ0) is 8.93. The van der Waals surface area contributed by atoms with Gasteiger partial charge in [-0.05, 0) is 30.6 Å². The van der Waals surface area contributed by atoms with Gasteiger partial charge in [0.25, 0.3) is 0 Å². The van der Waals surface area contributed by atoms with Crippen molar-refractivity contribution < 1.29 is 4.74 Å². The molecule has 0 aromatic carbocycles. The smallest absolute Gasteiger partial charge is 0.0735 e. The Bertz CT molecular complexity index is 163. The van der Waals surface area contributed by atoms with Crippen molar-refractivity contribution in [1.82, 2.24) is 0 Å². The fourth-order valence-corrected chi connectivity index (χ4v) is 2.73. The Morgan fingerprint density at radius 1 is 1.17 bits per heavy atom. The van der Waals surface area contributed by atoms with Crippen molar-refractivity contribution in [3.63, 3.8) is 0 Å². The lowest BCUT2D eigenvalue weighted by molar-refractivity contribution is -0.0930. The van der Waals surface area contributed by atoms with E-state index in [1.807, 2.05) is 0 Å². The van der Waals surface area contributed by atoms with Crippen LogP contribution in [0.15, 0.2) is 0 Å². The first-order chi connectivity index (χ1) is 5.56. The highest BCUT2D eigenvalue weighted by molar-refractivity contribution is 5.05. The Labute approximate surface area is 75.5 Å². The van der Waals surface area contributed by atoms with Gasteiger partial charge in [0.15, 0.2) is 0 Å². The Kier molecular flexibility index (Phi) is 1.76. The van der Waals surface area contributed by atoms with Crippen LogP contribution < -0.4 is 0 Å². The summed E-state index contributed by atoms with van der Waals surface area (Å²) in [7, 11) is 0. The monoisotopic (exact) mass is 168 g/mol. The van der Waals surface area contributed by atoms with Gasteiger partial charge in [-0.15, -0.1) is 0 Å². The number of rotatable bonds is 2. The second-order valence-electron chi connectivity index (χ2n) is 5.12. The van der Waals surface area contributed by atoms with Crippen LogP contribution in [-0.4, -0.2) is 11.7 Å². The van der Waals surface area contributed by atoms with Crippen LogP contribution in [0.5, 0.6) is 0 Å². The van der Waals surface area contributed by atoms with Gasteiger partial charge in [-0.25, -0.2) is 0 Å². The van der Waals surface area contributed by atoms with E-state index in [1.54, 1.807) is 0 Å². The molecule has 0 radical (unpaired) electrons. The molecule has 2 aliphatic rings. The van der Waals surface area contributed by atoms with Gasteiger partial charge in [-0.2, -0.15) is 0 Å². The van der Waals surface area contributed by atoms with Crippen LogP contribution in [0.2, 0.25) is 0 Å². The Morgan fingerprint density at radius 2 is 1.75 bits per heavy atom. The SMILES string of the molecule is CC(C)C1(C(C)C)CC2CC2O1. The molecule has 1 nitrogen and oxygen atoms in total. The average Bonchev–Trinajstić information content (AvgIpc) is 2.58. The van der Waals surface area contributed by atoms with Crippen LogP contribution in [0.4, 0.5) is 0 Å². The fourth-order valence-electron chi connectivity index (χ4n) is 2.73. The van der Waals surface area contributed by atoms with Crippen molar-refractivity contribution in [3.05, 3.63) is 0 Å². The van der Waals surface area contributed by atoms with Crippen LogP contribution >= 0.6 is 0 Å². The highest BCUT2D eigenvalue weighted by Crippen LogP contribution is 2.55. The summed E-state index contributed by atoms with van der Waals surface area (Å²) >= 11 is 0. The van der Waals surface area contributed by atoms with Crippen molar-refractivity contribution >= 4 is 0 Å². The van der Waals surface area contributed by atoms with E-state index in [2.05, 4.69) is 27.7 Å². The van der Waals surface area contributed by atoms with Gasteiger partial charge in [0.05, 0.1) is 11.7 Å². The molecule has 1 heterocycles. The quantitative estimate of drug-likeness (QED) is 0.616. The van der Waals surface area contributed by atoms with Gasteiger partial charge >= 0.3 is 0 Å². The molecule has 2 unspecified atom stereocenters. The van der Waals surface area contributed by atoms with Gasteiger partial charge in [0.1, 0.15) is 0 Å². The van der Waals surface area contributed by atoms with Crippen molar-refractivity contribution in [2.75, 3.05) is 0 Å². The van der Waals surface area contributed by atoms with Crippen LogP contribution in [0.1, 0.15) is 40.5 Å². The molecule has 1 heteroatoms. The topological polar surface area (TPSA) is 9.23 Å². The number of ether oxygens (including phenoxy) is 1. The normalized spacial score (nSPS) is 37.5. The minimum Gasteiger partial charge on any atom is -0.371 e. The molecular weight excluding hydrogens is 148 g/mol. The molecule has 2 fully saturated rings. The lowest BCUT2D eigenvalue weighted by atomic mass is 9.77. The van der Waals surface area contributed by atoms with Gasteiger partial charge < -0.3 is 4.74 Å². The van der Waals surface area contributed by atoms with Crippen LogP contribution in [-0.2, 0) is 4.74 Å². The summed E-state index contributed by atoms with van der Waals surface area (Å²) in [6.45, 7) is 9.19. The maximum atomic E-state index is 6.15. The summed E-state index contributed by atoms with van der Waals surface area (Å²) in [4.78, 5) is 0. The molecule has 1 aliphatic carbocycles. The molecule has 0 spiro atoms. The predicted molar refractivity (Wildman–Crippen MR) is 50.0 cm³/mol. The third-order valence-corrected chi connectivity index (χ3v) is 3.76. The maximum Gasteiger partial charge on any atom is 0.0735 e. The van der Waals surface area contributed by atoms with E-state index in [0.29, 0.717) is 17.9 Å². The minimum atomic E-state index is 0.216. The molecule has 0 bridgehead atoms. The molecule has 1 saturated carbocycles. The molecule has 0 aromatic heterocycles. The summed E-state index contributed by atoms with van der Waals surface area (Å²) in [6, 6.07) is 0. The van der Waals surface area contributed by atoms with Gasteiger partial charge in [0, 0.05) is 0 Å². The number of fused-ring (bicyclic) bond motifs is 1. The molecule has 0 amide bonds. The van der Waals surface area contributed by atoms with E-state index in [0.717, 1.165) is 5.92 Å². The molecule has 70 valence electrons. The zero-order valence-corrected chi connectivity index (χ0v) is 8.63. The first-order valence-electron chi connectivity index (χ1n) is 5.24. The summed E-state index contributed by atoms with van der Waals surface area (Å²) < 4.78 is 6.15. The Morgan fingerprint density at radius 3 is 2.00 bits per heavy atom. The van der Waals surface area contributed by atoms with Crippen LogP contribution in [0.3, 0.4) is 0 Å². The van der Waals surface area contributed by atoms with Crippen LogP contribution in [0.25, 0.3) is 0 Å². The predicted octanol–water partition coefficient (Wildman–Crippen LogP) is 2.85. The summed E-state index contributed by atoms with van der Waals surface area (Å²) in [5.41, 5.74) is 0.216. The number of hydrogen-bond donors (Lipinski definition) is 0. The minimum absolute atomic E-state index is 0.216. The van der Waals surface area contributed by atoms with E-state index in [9.17, 15) is 0 Å². The van der Waals surface area contributed by atoms with Gasteiger partial charge in [-0.3, -0.25) is 0 Å². The van der Waals surface area contributed by atoms with E-state index in [1.165, 1.54) is 12.8 Å². The second kappa shape index (κ2) is 2.47. The second-order valence-corrected chi connectivity index (χ2v) is 5.12. The van der Waals surface area contributed by atoms with Crippen molar-refractivity contribution in [1.29, 1.82) is 0 Å². The van der Waals surface area contributed by atoms with E-state index in [4.69, 9.17) is 4.74 Å². The van der Waals surface area contributed by atoms with E-state index >= 15 is 0 Å². The summed E-state index contributed by atoms with van der Waals surface area (Å²) in [5.74, 6) is 2.25. The maximum absolute atomic E-state index is 6.15. The molecule has 12 heavy (non-hydrogen) atoms. The third kappa shape index (κ3) is 1.02. The average molecular weight is 168 g/mol. The van der Waals surface area contributed by atoms with Gasteiger partial charge in [-0.1, -0.05) is 27.7 Å². The Hall–Kier alpha value is -0.0400. The molecular formula is C11H20O. The Balaban J connectivity index is 2.13. The first kappa shape index (κ1) is 8.55. The zero-order valence-electron chi connectivity index (χ0n) is 8.63. The van der Waals surface area contributed by atoms with Crippen LogP contribution in [0, 0.1) is 17.8 Å². The van der Waals surface area contributed by atoms with E-state index in [-0.39, 0.29) is 5.60 Å². The largest absolute Gasteiger partial charge is 0.371 e. The molecule has 0 N–H and O–H groups in total. The highest BCUT2D eigenvalue weighted by Gasteiger charge is 2.57. The molecule has 1 saturated heterocycles. The first-order valence-corrected chi connectivity index (χ1v) is 5.24. The fraction of sp³-hybridized carbons (Fsp3) is 1.00. The van der Waals surface area contributed by atoms with Gasteiger partial charge in [0.2, 0.25) is 0 Å². The van der Waals surface area contributed by atoms with E-state index < -0.39 is 0 Å². The molecule has 1 aliphatic heterocycles. The summed E-state index contributed by atoms with van der Waals surface area (Å²) in [6.07, 6.45) is 3.28. The standard InChI is InChI=1S/C11H20O/c1-7(2)11(8(3)4)6-9-5-10(9)12-11/h7-10H,5-6H2,1-4H3. The lowest BCUT2D eigenvalue weighted by Gasteiger charge is -2.38. The molecule has 2 rings (SSSR count). The third-order valence-electron chi connectivity index (χ3n) is 3.76. The molecule has 0 aromatic rings. The van der Waals surface area contributed by atoms with Crippen molar-refractivity contribution in [2.45, 2.75) is 52.2 Å². The summed E-state index contributed by atoms with van der Waals surface area (Å²) in [5, 5.41) is 0. The van der Waals surface area contributed by atoms with Crippen molar-refractivity contribution in [3.8, 4) is 0 Å².